The van der Waals surface area contributed by atoms with Crippen molar-refractivity contribution in [1.82, 2.24) is 4.90 Å². The second-order valence-corrected chi connectivity index (χ2v) is 11.9. The predicted molar refractivity (Wildman–Crippen MR) is 118 cm³/mol. The molecule has 3 heterocycles. The van der Waals surface area contributed by atoms with Gasteiger partial charge in [-0.3, -0.25) is 4.79 Å². The summed E-state index contributed by atoms with van der Waals surface area (Å²) in [6, 6.07) is 7.64. The van der Waals surface area contributed by atoms with Crippen LogP contribution in [0.2, 0.25) is 5.02 Å². The quantitative estimate of drug-likeness (QED) is 0.554. The van der Waals surface area contributed by atoms with Gasteiger partial charge in [0.1, 0.15) is 4.88 Å². The second kappa shape index (κ2) is 7.44. The molecule has 1 aliphatic heterocycles. The van der Waals surface area contributed by atoms with Crippen molar-refractivity contribution in [3.8, 4) is 0 Å². The number of carbonyl (C=O) groups is 1. The lowest BCUT2D eigenvalue weighted by molar-refractivity contribution is 0.0688. The van der Waals surface area contributed by atoms with Crippen molar-refractivity contribution in [1.29, 1.82) is 0 Å². The van der Waals surface area contributed by atoms with Gasteiger partial charge in [0.25, 0.3) is 5.91 Å². The Labute approximate surface area is 177 Å². The van der Waals surface area contributed by atoms with Gasteiger partial charge >= 0.3 is 0 Å². The number of benzene rings is 1. The SMILES string of the molecule is Cc1ccc2c(Cl)c(C(=O)N(Cc3sccc3C)C3CCS(=O)(=O)C3)sc2c1. The Balaban J connectivity index is 1.74. The number of hydrogen-bond donors (Lipinski definition) is 0. The van der Waals surface area contributed by atoms with E-state index >= 15 is 0 Å². The number of aryl methyl sites for hydroxylation is 2. The zero-order chi connectivity index (χ0) is 20.1. The highest BCUT2D eigenvalue weighted by atomic mass is 35.5. The lowest BCUT2D eigenvalue weighted by atomic mass is 10.1. The van der Waals surface area contributed by atoms with Gasteiger partial charge in [-0.1, -0.05) is 23.7 Å². The Morgan fingerprint density at radius 1 is 1.29 bits per heavy atom. The van der Waals surface area contributed by atoms with E-state index < -0.39 is 9.84 Å². The lowest BCUT2D eigenvalue weighted by Gasteiger charge is -2.28. The predicted octanol–water partition coefficient (Wildman–Crippen LogP) is 5.06. The summed E-state index contributed by atoms with van der Waals surface area (Å²) in [7, 11) is -3.11. The van der Waals surface area contributed by atoms with Gasteiger partial charge in [0.05, 0.1) is 23.1 Å². The first-order valence-electron chi connectivity index (χ1n) is 8.98. The number of thiophene rings is 2. The molecule has 8 heteroatoms. The number of sulfone groups is 1. The van der Waals surface area contributed by atoms with Gasteiger partial charge in [0, 0.05) is 21.0 Å². The summed E-state index contributed by atoms with van der Waals surface area (Å²) in [6.45, 7) is 4.42. The van der Waals surface area contributed by atoms with Crippen LogP contribution in [-0.2, 0) is 16.4 Å². The molecular formula is C20H20ClNO3S3. The average molecular weight is 454 g/mol. The van der Waals surface area contributed by atoms with E-state index in [-0.39, 0.29) is 23.5 Å². The summed E-state index contributed by atoms with van der Waals surface area (Å²) in [5.74, 6) is -0.0339. The molecule has 1 saturated heterocycles. The number of rotatable bonds is 4. The topological polar surface area (TPSA) is 54.5 Å². The van der Waals surface area contributed by atoms with Crippen LogP contribution in [-0.4, -0.2) is 36.8 Å². The van der Waals surface area contributed by atoms with Crippen molar-refractivity contribution in [2.24, 2.45) is 0 Å². The molecule has 2 aromatic heterocycles. The first-order chi connectivity index (χ1) is 13.2. The second-order valence-electron chi connectivity index (χ2n) is 7.26. The third kappa shape index (κ3) is 3.73. The maximum Gasteiger partial charge on any atom is 0.266 e. The number of amides is 1. The minimum atomic E-state index is -3.11. The first-order valence-corrected chi connectivity index (χ1v) is 12.9. The Bertz CT molecular complexity index is 1160. The summed E-state index contributed by atoms with van der Waals surface area (Å²) in [5, 5.41) is 3.32. The number of fused-ring (bicyclic) bond motifs is 1. The summed E-state index contributed by atoms with van der Waals surface area (Å²) in [6.07, 6.45) is 0.472. The molecule has 0 bridgehead atoms. The molecule has 28 heavy (non-hydrogen) atoms. The Kier molecular flexibility index (Phi) is 5.29. The Morgan fingerprint density at radius 3 is 2.71 bits per heavy atom. The summed E-state index contributed by atoms with van der Waals surface area (Å²) in [5.41, 5.74) is 2.22. The van der Waals surface area contributed by atoms with E-state index in [1.807, 2.05) is 43.5 Å². The van der Waals surface area contributed by atoms with E-state index in [9.17, 15) is 13.2 Å². The van der Waals surface area contributed by atoms with Crippen LogP contribution in [0.1, 0.15) is 32.1 Å². The molecule has 1 fully saturated rings. The van der Waals surface area contributed by atoms with E-state index in [1.165, 1.54) is 11.3 Å². The maximum absolute atomic E-state index is 13.5. The van der Waals surface area contributed by atoms with Crippen molar-refractivity contribution < 1.29 is 13.2 Å². The third-order valence-corrected chi connectivity index (χ3v) is 9.57. The van der Waals surface area contributed by atoms with Crippen LogP contribution in [0.3, 0.4) is 0 Å². The van der Waals surface area contributed by atoms with E-state index in [1.54, 1.807) is 16.2 Å². The molecule has 1 amide bonds. The maximum atomic E-state index is 13.5. The molecule has 1 aliphatic rings. The van der Waals surface area contributed by atoms with Crippen LogP contribution in [0.4, 0.5) is 0 Å². The minimum Gasteiger partial charge on any atom is -0.329 e. The fraction of sp³-hybridized carbons (Fsp3) is 0.350. The number of nitrogens with zero attached hydrogens (tertiary/aromatic N) is 1. The molecule has 148 valence electrons. The van der Waals surface area contributed by atoms with Gasteiger partial charge in [0.15, 0.2) is 9.84 Å². The Morgan fingerprint density at radius 2 is 2.07 bits per heavy atom. The van der Waals surface area contributed by atoms with Crippen LogP contribution >= 0.6 is 34.3 Å². The lowest BCUT2D eigenvalue weighted by Crippen LogP contribution is -2.40. The van der Waals surface area contributed by atoms with E-state index in [0.29, 0.717) is 22.9 Å². The number of hydrogen-bond acceptors (Lipinski definition) is 5. The summed E-state index contributed by atoms with van der Waals surface area (Å²) >= 11 is 9.54. The molecule has 0 saturated carbocycles. The summed E-state index contributed by atoms with van der Waals surface area (Å²) in [4.78, 5) is 16.8. The van der Waals surface area contributed by atoms with Crippen LogP contribution in [0, 0.1) is 13.8 Å². The van der Waals surface area contributed by atoms with E-state index in [4.69, 9.17) is 11.6 Å². The monoisotopic (exact) mass is 453 g/mol. The highest BCUT2D eigenvalue weighted by molar-refractivity contribution is 7.91. The first kappa shape index (κ1) is 19.9. The van der Waals surface area contributed by atoms with Crippen LogP contribution < -0.4 is 0 Å². The van der Waals surface area contributed by atoms with Crippen LogP contribution in [0.15, 0.2) is 29.6 Å². The molecule has 0 aliphatic carbocycles. The molecular weight excluding hydrogens is 434 g/mol. The zero-order valence-electron chi connectivity index (χ0n) is 15.6. The molecule has 0 radical (unpaired) electrons. The normalized spacial score (nSPS) is 18.6. The van der Waals surface area contributed by atoms with Crippen LogP contribution in [0.25, 0.3) is 10.1 Å². The van der Waals surface area contributed by atoms with E-state index in [0.717, 1.165) is 26.1 Å². The Hall–Kier alpha value is -1.41. The third-order valence-electron chi connectivity index (χ3n) is 5.17. The highest BCUT2D eigenvalue weighted by Crippen LogP contribution is 2.38. The van der Waals surface area contributed by atoms with Gasteiger partial charge in [-0.2, -0.15) is 0 Å². The number of carbonyl (C=O) groups excluding carboxylic acids is 1. The molecule has 1 unspecified atom stereocenters. The molecule has 1 atom stereocenters. The van der Waals surface area contributed by atoms with Crippen LogP contribution in [0.5, 0.6) is 0 Å². The minimum absolute atomic E-state index is 0.0186. The molecule has 3 aromatic rings. The van der Waals surface area contributed by atoms with Crippen molar-refractivity contribution >= 4 is 60.1 Å². The van der Waals surface area contributed by atoms with Gasteiger partial charge in [-0.05, 0) is 48.9 Å². The fourth-order valence-electron chi connectivity index (χ4n) is 3.55. The van der Waals surface area contributed by atoms with Crippen molar-refractivity contribution in [2.45, 2.75) is 32.9 Å². The van der Waals surface area contributed by atoms with Crippen molar-refractivity contribution in [2.75, 3.05) is 11.5 Å². The van der Waals surface area contributed by atoms with Crippen molar-refractivity contribution in [3.05, 3.63) is 55.5 Å². The van der Waals surface area contributed by atoms with Crippen molar-refractivity contribution in [3.63, 3.8) is 0 Å². The molecule has 0 spiro atoms. The zero-order valence-corrected chi connectivity index (χ0v) is 18.8. The summed E-state index contributed by atoms with van der Waals surface area (Å²) < 4.78 is 25.1. The molecule has 4 nitrogen and oxygen atoms in total. The van der Waals surface area contributed by atoms with Gasteiger partial charge in [0.2, 0.25) is 0 Å². The largest absolute Gasteiger partial charge is 0.329 e. The molecule has 1 aromatic carbocycles. The smallest absolute Gasteiger partial charge is 0.266 e. The van der Waals surface area contributed by atoms with Gasteiger partial charge < -0.3 is 4.90 Å². The van der Waals surface area contributed by atoms with Gasteiger partial charge in [-0.15, -0.1) is 22.7 Å². The number of halogens is 1. The molecule has 0 N–H and O–H groups in total. The van der Waals surface area contributed by atoms with Gasteiger partial charge in [-0.25, -0.2) is 8.42 Å². The molecule has 4 rings (SSSR count). The fourth-order valence-corrected chi connectivity index (χ4v) is 7.75. The van der Waals surface area contributed by atoms with E-state index in [2.05, 4.69) is 0 Å². The standard InChI is InChI=1S/C20H20ClNO3S3/c1-12-3-4-15-16(9-12)27-19(18(15)21)20(23)22(10-17-13(2)5-7-26-17)14-6-8-28(24,25)11-14/h3-5,7,9,14H,6,8,10-11H2,1-2H3. The average Bonchev–Trinajstić information content (AvgIpc) is 3.30. The highest BCUT2D eigenvalue weighted by Gasteiger charge is 2.36.